The van der Waals surface area contributed by atoms with Crippen LogP contribution in [0.2, 0.25) is 0 Å². The van der Waals surface area contributed by atoms with Crippen molar-refractivity contribution >= 4 is 6.21 Å². The Labute approximate surface area is 43.2 Å². The van der Waals surface area contributed by atoms with Gasteiger partial charge in [-0.2, -0.15) is 0 Å². The molecular formula is C4H9N2O-. The van der Waals surface area contributed by atoms with Gasteiger partial charge < -0.3 is 10.4 Å². The molecule has 0 saturated carbocycles. The van der Waals surface area contributed by atoms with E-state index >= 15 is 0 Å². The average molecular weight is 101 g/mol. The first kappa shape index (κ1) is 6.43. The molecule has 0 aliphatic rings. The van der Waals surface area contributed by atoms with Gasteiger partial charge in [0.15, 0.2) is 0 Å². The quantitative estimate of drug-likeness (QED) is 0.381. The minimum atomic E-state index is 0.531. The molecule has 0 aromatic heterocycles. The summed E-state index contributed by atoms with van der Waals surface area (Å²) in [5.41, 5.74) is 0. The van der Waals surface area contributed by atoms with Gasteiger partial charge in [0.05, 0.1) is 0 Å². The van der Waals surface area contributed by atoms with Crippen molar-refractivity contribution < 1.29 is 0 Å². The smallest absolute Gasteiger partial charge is 0.0233 e. The van der Waals surface area contributed by atoms with Crippen LogP contribution in [0.4, 0.5) is 0 Å². The molecule has 0 bridgehead atoms. The molecule has 0 rings (SSSR count). The largest absolute Gasteiger partial charge is 0.742 e. The number of nitrogens with zero attached hydrogens (tertiary/aromatic N) is 2. The second kappa shape index (κ2) is 3.61. The van der Waals surface area contributed by atoms with Crippen molar-refractivity contribution in [1.29, 1.82) is 0 Å². The van der Waals surface area contributed by atoms with E-state index in [1.54, 1.807) is 6.21 Å². The van der Waals surface area contributed by atoms with Gasteiger partial charge in [-0.25, -0.2) is 5.10 Å². The van der Waals surface area contributed by atoms with Gasteiger partial charge in [0.2, 0.25) is 0 Å². The highest BCUT2D eigenvalue weighted by Crippen LogP contribution is 1.74. The van der Waals surface area contributed by atoms with Gasteiger partial charge >= 0.3 is 0 Å². The molecule has 3 heteroatoms. The second-order valence-electron chi connectivity index (χ2n) is 1.17. The number of hydroxylamine groups is 1. The fourth-order valence-electron chi connectivity index (χ4n) is 0.197. The van der Waals surface area contributed by atoms with Crippen LogP contribution in [0, 0.1) is 5.21 Å². The van der Waals surface area contributed by atoms with Gasteiger partial charge in [-0.15, -0.1) is 0 Å². The Bertz CT molecular complexity index is 60.7. The van der Waals surface area contributed by atoms with Crippen molar-refractivity contribution in [2.24, 2.45) is 5.10 Å². The van der Waals surface area contributed by atoms with E-state index < -0.39 is 0 Å². The van der Waals surface area contributed by atoms with E-state index in [1.807, 2.05) is 6.92 Å². The Morgan fingerprint density at radius 3 is 2.57 bits per heavy atom. The Hall–Kier alpha value is -0.570. The van der Waals surface area contributed by atoms with Crippen LogP contribution in [0.1, 0.15) is 13.3 Å². The zero-order chi connectivity index (χ0) is 5.70. The zero-order valence-corrected chi connectivity index (χ0v) is 4.59. The summed E-state index contributed by atoms with van der Waals surface area (Å²) in [4.78, 5) is 0. The molecule has 7 heavy (non-hydrogen) atoms. The maximum Gasteiger partial charge on any atom is 0.0233 e. The molecule has 0 heterocycles. The third-order valence-corrected chi connectivity index (χ3v) is 0.427. The first-order valence-electron chi connectivity index (χ1n) is 2.20. The van der Waals surface area contributed by atoms with E-state index in [0.717, 1.165) is 6.42 Å². The van der Waals surface area contributed by atoms with Crippen molar-refractivity contribution in [2.45, 2.75) is 13.3 Å². The highest BCUT2D eigenvalue weighted by atomic mass is 16.5. The molecule has 3 nitrogen and oxygen atoms in total. The predicted octanol–water partition coefficient (Wildman–Crippen LogP) is 0.812. The van der Waals surface area contributed by atoms with Crippen LogP contribution >= 0.6 is 0 Å². The van der Waals surface area contributed by atoms with Crippen LogP contribution in [0.5, 0.6) is 0 Å². The lowest BCUT2D eigenvalue weighted by Crippen LogP contribution is -1.97. The van der Waals surface area contributed by atoms with Crippen molar-refractivity contribution in [1.82, 2.24) is 5.17 Å². The minimum Gasteiger partial charge on any atom is -0.742 e. The third kappa shape index (κ3) is 5.43. The van der Waals surface area contributed by atoms with E-state index in [2.05, 4.69) is 5.10 Å². The molecule has 0 saturated heterocycles. The standard InChI is InChI=1S/C4H9N2O/c1-3-4-5-6(2)7/h4H,3H2,1-2H3/q-1/b5-4+. The predicted molar refractivity (Wildman–Crippen MR) is 29.9 cm³/mol. The first-order valence-corrected chi connectivity index (χ1v) is 2.20. The fourth-order valence-corrected chi connectivity index (χ4v) is 0.197. The minimum absolute atomic E-state index is 0.531. The van der Waals surface area contributed by atoms with Gasteiger partial charge in [0, 0.05) is 13.3 Å². The summed E-state index contributed by atoms with van der Waals surface area (Å²) >= 11 is 0. The molecule has 0 amide bonds. The Morgan fingerprint density at radius 2 is 2.43 bits per heavy atom. The summed E-state index contributed by atoms with van der Waals surface area (Å²) in [6, 6.07) is 0. The zero-order valence-electron chi connectivity index (χ0n) is 4.59. The summed E-state index contributed by atoms with van der Waals surface area (Å²) in [5.74, 6) is 0. The van der Waals surface area contributed by atoms with Crippen LogP contribution in [0.3, 0.4) is 0 Å². The number of hydrazone groups is 1. The Kier molecular flexibility index (Phi) is 3.32. The summed E-state index contributed by atoms with van der Waals surface area (Å²) < 4.78 is 0. The summed E-state index contributed by atoms with van der Waals surface area (Å²) in [5, 5.41) is 13.8. The molecule has 0 spiro atoms. The second-order valence-corrected chi connectivity index (χ2v) is 1.17. The number of hydrogen-bond donors (Lipinski definition) is 0. The molecule has 0 aliphatic heterocycles. The van der Waals surface area contributed by atoms with E-state index in [0.29, 0.717) is 5.17 Å². The van der Waals surface area contributed by atoms with Crippen molar-refractivity contribution in [3.63, 3.8) is 0 Å². The lowest BCUT2D eigenvalue weighted by atomic mass is 10.6. The highest BCUT2D eigenvalue weighted by molar-refractivity contribution is 5.55. The van der Waals surface area contributed by atoms with Gasteiger partial charge in [0.1, 0.15) is 0 Å². The number of rotatable bonds is 2. The van der Waals surface area contributed by atoms with Crippen molar-refractivity contribution in [3.05, 3.63) is 5.21 Å². The Morgan fingerprint density at radius 1 is 1.86 bits per heavy atom. The summed E-state index contributed by atoms with van der Waals surface area (Å²) in [6.45, 7) is 1.92. The SMILES string of the molecule is CC/C=N/N(C)[O-]. The van der Waals surface area contributed by atoms with E-state index in [-0.39, 0.29) is 0 Å². The topological polar surface area (TPSA) is 38.7 Å². The van der Waals surface area contributed by atoms with E-state index in [4.69, 9.17) is 0 Å². The van der Waals surface area contributed by atoms with Gasteiger partial charge in [-0.1, -0.05) is 6.92 Å². The summed E-state index contributed by atoms with van der Waals surface area (Å²) in [7, 11) is 1.35. The van der Waals surface area contributed by atoms with E-state index in [1.165, 1.54) is 7.05 Å². The van der Waals surface area contributed by atoms with E-state index in [9.17, 15) is 5.21 Å². The lowest BCUT2D eigenvalue weighted by molar-refractivity contribution is 0.495. The molecule has 0 aromatic carbocycles. The molecule has 0 radical (unpaired) electrons. The van der Waals surface area contributed by atoms with Gasteiger partial charge in [0.25, 0.3) is 0 Å². The summed E-state index contributed by atoms with van der Waals surface area (Å²) in [6.07, 6.45) is 2.37. The highest BCUT2D eigenvalue weighted by Gasteiger charge is 1.63. The average Bonchev–Trinajstić information content (AvgIpc) is 1.61. The molecule has 0 aliphatic carbocycles. The monoisotopic (exact) mass is 101 g/mol. The molecular weight excluding hydrogens is 92.1 g/mol. The van der Waals surface area contributed by atoms with Crippen molar-refractivity contribution in [2.75, 3.05) is 7.05 Å². The molecule has 0 atom stereocenters. The van der Waals surface area contributed by atoms with Crippen LogP contribution in [0.15, 0.2) is 5.10 Å². The normalized spacial score (nSPS) is 10.1. The molecule has 0 unspecified atom stereocenters. The lowest BCUT2D eigenvalue weighted by Gasteiger charge is -2.15. The van der Waals surface area contributed by atoms with Crippen LogP contribution in [-0.2, 0) is 0 Å². The molecule has 42 valence electrons. The van der Waals surface area contributed by atoms with Crippen LogP contribution in [-0.4, -0.2) is 18.4 Å². The van der Waals surface area contributed by atoms with Gasteiger partial charge in [-0.3, -0.25) is 0 Å². The third-order valence-electron chi connectivity index (χ3n) is 0.427. The maximum atomic E-state index is 9.92. The number of hydrogen-bond acceptors (Lipinski definition) is 3. The fraction of sp³-hybridized carbons (Fsp3) is 0.750. The van der Waals surface area contributed by atoms with Crippen LogP contribution < -0.4 is 0 Å². The molecule has 0 aromatic rings. The van der Waals surface area contributed by atoms with Crippen LogP contribution in [0.25, 0.3) is 0 Å². The molecule has 0 N–H and O–H groups in total. The Balaban J connectivity index is 3.08. The van der Waals surface area contributed by atoms with Crippen molar-refractivity contribution in [3.8, 4) is 0 Å². The first-order chi connectivity index (χ1) is 3.27. The maximum absolute atomic E-state index is 9.92. The van der Waals surface area contributed by atoms with Gasteiger partial charge in [-0.05, 0) is 6.42 Å². The molecule has 0 fully saturated rings.